The maximum atomic E-state index is 13.1. The molecule has 1 fully saturated rings. The molecule has 0 radical (unpaired) electrons. The molecule has 0 aliphatic carbocycles. The van der Waals surface area contributed by atoms with E-state index in [1.165, 1.54) is 19.1 Å². The molecule has 1 aromatic carbocycles. The van der Waals surface area contributed by atoms with Gasteiger partial charge in [0.2, 0.25) is 0 Å². The van der Waals surface area contributed by atoms with E-state index in [-0.39, 0.29) is 16.8 Å². The van der Waals surface area contributed by atoms with E-state index in [9.17, 15) is 31.1 Å². The number of halogens is 6. The molecule has 1 saturated heterocycles. The number of alkyl halides is 6. The van der Waals surface area contributed by atoms with Crippen molar-refractivity contribution in [2.24, 2.45) is 5.41 Å². The number of carbonyl (C=O) groups excluding carboxylic acids is 1. The largest absolute Gasteiger partial charge is 0.404 e. The summed E-state index contributed by atoms with van der Waals surface area (Å²) in [6.07, 6.45) is -12.1. The van der Waals surface area contributed by atoms with Gasteiger partial charge in [-0.1, -0.05) is 0 Å². The zero-order valence-electron chi connectivity index (χ0n) is 12.4. The Hall–Kier alpha value is -2.24. The summed E-state index contributed by atoms with van der Waals surface area (Å²) in [7, 11) is 0. The molecule has 1 aliphatic rings. The Kier molecular flexibility index (Phi) is 4.29. The Labute approximate surface area is 133 Å². The lowest BCUT2D eigenvalue weighted by Crippen LogP contribution is -2.51. The monoisotopic (exact) mass is 350 g/mol. The first-order valence-corrected chi connectivity index (χ1v) is 6.86. The molecule has 1 aromatic rings. The summed E-state index contributed by atoms with van der Waals surface area (Å²) in [5.74, 6) is -0.405. The minimum atomic E-state index is -5.47. The Balaban J connectivity index is 2.49. The van der Waals surface area contributed by atoms with Crippen molar-refractivity contribution >= 4 is 11.5 Å². The molecule has 9 heteroatoms. The van der Waals surface area contributed by atoms with Gasteiger partial charge in [0.05, 0.1) is 11.3 Å². The van der Waals surface area contributed by atoms with Crippen molar-refractivity contribution in [2.75, 3.05) is 18.0 Å². The van der Waals surface area contributed by atoms with E-state index >= 15 is 0 Å². The number of benzene rings is 1. The summed E-state index contributed by atoms with van der Waals surface area (Å²) >= 11 is 0. The van der Waals surface area contributed by atoms with Gasteiger partial charge in [-0.05, 0) is 31.5 Å². The lowest BCUT2D eigenvalue weighted by Gasteiger charge is -2.34. The first-order valence-electron chi connectivity index (χ1n) is 6.86. The standard InChI is InChI=1S/C15H12F6N2O/c1-9(24)10-2-3-11(7-22)12(6-10)23-5-4-13(8-23,14(16,17)18)15(19,20)21/h2-3,6H,4-5,8H2,1H3. The quantitative estimate of drug-likeness (QED) is 0.596. The molecule has 0 atom stereocenters. The number of rotatable bonds is 2. The minimum absolute atomic E-state index is 0.0832. The van der Waals surface area contributed by atoms with E-state index in [2.05, 4.69) is 0 Å². The van der Waals surface area contributed by atoms with Gasteiger partial charge < -0.3 is 4.90 Å². The van der Waals surface area contributed by atoms with Gasteiger partial charge in [0.15, 0.2) is 11.2 Å². The van der Waals surface area contributed by atoms with Crippen LogP contribution < -0.4 is 4.90 Å². The lowest BCUT2D eigenvalue weighted by molar-refractivity contribution is -0.332. The van der Waals surface area contributed by atoms with Crippen LogP contribution >= 0.6 is 0 Å². The maximum absolute atomic E-state index is 13.1. The van der Waals surface area contributed by atoms with E-state index in [0.717, 1.165) is 11.0 Å². The highest BCUT2D eigenvalue weighted by molar-refractivity contribution is 5.95. The Morgan fingerprint density at radius 2 is 1.79 bits per heavy atom. The third-order valence-corrected chi connectivity index (χ3v) is 4.22. The zero-order valence-corrected chi connectivity index (χ0v) is 12.4. The van der Waals surface area contributed by atoms with Crippen LogP contribution in [0.1, 0.15) is 29.3 Å². The van der Waals surface area contributed by atoms with Crippen molar-refractivity contribution in [3.63, 3.8) is 0 Å². The molecule has 0 bridgehead atoms. The minimum Gasteiger partial charge on any atom is -0.369 e. The normalized spacial score (nSPS) is 17.7. The van der Waals surface area contributed by atoms with Crippen LogP contribution in [0.2, 0.25) is 0 Å². The molecular weight excluding hydrogens is 338 g/mol. The third-order valence-electron chi connectivity index (χ3n) is 4.22. The second kappa shape index (κ2) is 5.69. The van der Waals surface area contributed by atoms with Crippen molar-refractivity contribution in [3.05, 3.63) is 29.3 Å². The highest BCUT2D eigenvalue weighted by Crippen LogP contribution is 2.56. The Bertz CT molecular complexity index is 687. The topological polar surface area (TPSA) is 44.1 Å². The highest BCUT2D eigenvalue weighted by atomic mass is 19.4. The van der Waals surface area contributed by atoms with E-state index < -0.39 is 43.1 Å². The predicted octanol–water partition coefficient (Wildman–Crippen LogP) is 4.08. The summed E-state index contributed by atoms with van der Waals surface area (Å²) in [6.45, 7) is -0.643. The average molecular weight is 350 g/mol. The fourth-order valence-corrected chi connectivity index (χ4v) is 2.75. The molecule has 3 nitrogen and oxygen atoms in total. The van der Waals surface area contributed by atoms with Crippen LogP contribution in [-0.4, -0.2) is 31.2 Å². The molecule has 0 aromatic heterocycles. The molecule has 0 unspecified atom stereocenters. The summed E-state index contributed by atoms with van der Waals surface area (Å²) in [5, 5.41) is 9.05. The molecule has 0 N–H and O–H groups in total. The Morgan fingerprint density at radius 3 is 2.21 bits per heavy atom. The van der Waals surface area contributed by atoms with E-state index in [1.54, 1.807) is 6.07 Å². The average Bonchev–Trinajstić information content (AvgIpc) is 2.92. The van der Waals surface area contributed by atoms with Crippen molar-refractivity contribution < 1.29 is 31.1 Å². The van der Waals surface area contributed by atoms with Gasteiger partial charge >= 0.3 is 12.4 Å². The number of anilines is 1. The molecule has 1 heterocycles. The van der Waals surface area contributed by atoms with Crippen molar-refractivity contribution in [1.29, 1.82) is 5.26 Å². The van der Waals surface area contributed by atoms with Crippen molar-refractivity contribution in [3.8, 4) is 6.07 Å². The number of nitrogens with zero attached hydrogens (tertiary/aromatic N) is 2. The summed E-state index contributed by atoms with van der Waals surface area (Å²) < 4.78 is 78.8. The van der Waals surface area contributed by atoms with Gasteiger partial charge in [0.25, 0.3) is 0 Å². The SMILES string of the molecule is CC(=O)c1ccc(C#N)c(N2CCC(C(F)(F)F)(C(F)(F)F)C2)c1. The molecule has 0 amide bonds. The second-order valence-corrected chi connectivity index (χ2v) is 5.65. The molecule has 1 aliphatic heterocycles. The Morgan fingerprint density at radius 1 is 1.21 bits per heavy atom. The van der Waals surface area contributed by atoms with Gasteiger partial charge in [0, 0.05) is 18.7 Å². The van der Waals surface area contributed by atoms with Crippen LogP contribution in [-0.2, 0) is 0 Å². The van der Waals surface area contributed by atoms with Crippen LogP contribution in [0.5, 0.6) is 0 Å². The van der Waals surface area contributed by atoms with E-state index in [4.69, 9.17) is 5.26 Å². The number of hydrogen-bond acceptors (Lipinski definition) is 3. The lowest BCUT2D eigenvalue weighted by atomic mass is 9.85. The van der Waals surface area contributed by atoms with Crippen LogP contribution in [0.15, 0.2) is 18.2 Å². The maximum Gasteiger partial charge on any atom is 0.404 e. The van der Waals surface area contributed by atoms with Crippen LogP contribution in [0.3, 0.4) is 0 Å². The number of Topliss-reactive ketones (excluding diaryl/α,β-unsaturated/α-hetero) is 1. The van der Waals surface area contributed by atoms with Gasteiger partial charge in [-0.25, -0.2) is 0 Å². The third kappa shape index (κ3) is 2.81. The fourth-order valence-electron chi connectivity index (χ4n) is 2.75. The van der Waals surface area contributed by atoms with Crippen LogP contribution in [0.4, 0.5) is 32.0 Å². The number of ketones is 1. The smallest absolute Gasteiger partial charge is 0.369 e. The number of carbonyl (C=O) groups is 1. The summed E-state index contributed by atoms with van der Waals surface area (Å²) in [6, 6.07) is 5.41. The van der Waals surface area contributed by atoms with Gasteiger partial charge in [0.1, 0.15) is 6.07 Å². The van der Waals surface area contributed by atoms with Gasteiger partial charge in [-0.2, -0.15) is 31.6 Å². The van der Waals surface area contributed by atoms with Crippen molar-refractivity contribution in [1.82, 2.24) is 0 Å². The molecule has 2 rings (SSSR count). The second-order valence-electron chi connectivity index (χ2n) is 5.65. The molecule has 0 saturated carbocycles. The molecule has 0 spiro atoms. The molecule has 130 valence electrons. The first kappa shape index (κ1) is 18.1. The highest BCUT2D eigenvalue weighted by Gasteiger charge is 2.72. The first-order chi connectivity index (χ1) is 10.9. The number of nitriles is 1. The van der Waals surface area contributed by atoms with Crippen LogP contribution in [0, 0.1) is 16.7 Å². The van der Waals surface area contributed by atoms with Crippen molar-refractivity contribution in [2.45, 2.75) is 25.7 Å². The summed E-state index contributed by atoms with van der Waals surface area (Å²) in [4.78, 5) is 12.3. The van der Waals surface area contributed by atoms with E-state index in [1.807, 2.05) is 0 Å². The van der Waals surface area contributed by atoms with E-state index in [0.29, 0.717) is 0 Å². The zero-order chi connectivity index (χ0) is 18.3. The van der Waals surface area contributed by atoms with Crippen LogP contribution in [0.25, 0.3) is 0 Å². The fraction of sp³-hybridized carbons (Fsp3) is 0.467. The number of hydrogen-bond donors (Lipinski definition) is 0. The molecular formula is C15H12F6N2O. The summed E-state index contributed by atoms with van der Waals surface area (Å²) in [5.41, 5.74) is -3.92. The van der Waals surface area contributed by atoms with Gasteiger partial charge in [-0.15, -0.1) is 0 Å². The van der Waals surface area contributed by atoms with Gasteiger partial charge in [-0.3, -0.25) is 4.79 Å². The predicted molar refractivity (Wildman–Crippen MR) is 72.5 cm³/mol. The molecule has 24 heavy (non-hydrogen) atoms.